The Balaban J connectivity index is 2.05. The zero-order valence-electron chi connectivity index (χ0n) is 19.3. The first-order valence-electron chi connectivity index (χ1n) is 10.4. The summed E-state index contributed by atoms with van der Waals surface area (Å²) in [6.45, 7) is 1.87. The number of hydrogen-bond acceptors (Lipinski definition) is 7. The number of likely N-dealkylation sites (N-methyl/N-ethyl adjacent to an activating group) is 1. The molecule has 2 aromatic carbocycles. The molecular formula is C24H28N2O7. The van der Waals surface area contributed by atoms with Crippen molar-refractivity contribution in [3.05, 3.63) is 59.3 Å². The van der Waals surface area contributed by atoms with E-state index in [4.69, 9.17) is 23.7 Å². The van der Waals surface area contributed by atoms with Crippen molar-refractivity contribution in [1.29, 1.82) is 0 Å². The zero-order valence-corrected chi connectivity index (χ0v) is 19.3. The molecule has 0 saturated heterocycles. The Kier molecular flexibility index (Phi) is 7.66. The van der Waals surface area contributed by atoms with Crippen LogP contribution in [-0.4, -0.2) is 58.5 Å². The summed E-state index contributed by atoms with van der Waals surface area (Å²) in [6, 6.07) is 11.0. The lowest BCUT2D eigenvalue weighted by Crippen LogP contribution is -2.48. The van der Waals surface area contributed by atoms with Crippen LogP contribution in [0.3, 0.4) is 0 Å². The Hall–Kier alpha value is -3.88. The van der Waals surface area contributed by atoms with Gasteiger partial charge in [0.05, 0.1) is 45.2 Å². The van der Waals surface area contributed by atoms with E-state index in [2.05, 4.69) is 5.32 Å². The molecule has 0 saturated carbocycles. The highest BCUT2D eigenvalue weighted by molar-refractivity contribution is 5.95. The first kappa shape index (κ1) is 23.8. The summed E-state index contributed by atoms with van der Waals surface area (Å²) in [5, 5.41) is 2.86. The summed E-state index contributed by atoms with van der Waals surface area (Å²) in [5.41, 5.74) is 1.23. The van der Waals surface area contributed by atoms with Crippen LogP contribution >= 0.6 is 0 Å². The normalized spacial score (nSPS) is 15.6. The summed E-state index contributed by atoms with van der Waals surface area (Å²) in [5.74, 6) is 1.74. The molecule has 2 amide bonds. The molecule has 1 aliphatic heterocycles. The molecule has 0 aromatic heterocycles. The van der Waals surface area contributed by atoms with E-state index in [1.165, 1.54) is 12.0 Å². The van der Waals surface area contributed by atoms with Crippen LogP contribution in [0.4, 0.5) is 4.79 Å². The molecule has 176 valence electrons. The fourth-order valence-corrected chi connectivity index (χ4v) is 3.50. The number of rotatable bonds is 9. The lowest BCUT2D eigenvalue weighted by atomic mass is 9.94. The number of benzene rings is 2. The molecule has 1 heterocycles. The second-order valence-corrected chi connectivity index (χ2v) is 7.09. The number of urea groups is 1. The van der Waals surface area contributed by atoms with Crippen LogP contribution in [0.25, 0.3) is 0 Å². The monoisotopic (exact) mass is 456 g/mol. The van der Waals surface area contributed by atoms with Crippen LogP contribution < -0.4 is 24.3 Å². The predicted molar refractivity (Wildman–Crippen MR) is 121 cm³/mol. The summed E-state index contributed by atoms with van der Waals surface area (Å²) >= 11 is 0. The topological polar surface area (TPSA) is 95.6 Å². The maximum atomic E-state index is 13.1. The predicted octanol–water partition coefficient (Wildman–Crippen LogP) is 3.30. The van der Waals surface area contributed by atoms with Crippen LogP contribution in [0, 0.1) is 0 Å². The number of carbonyl (C=O) groups excluding carboxylic acids is 2. The number of nitrogens with zero attached hydrogens (tertiary/aromatic N) is 1. The molecule has 9 heteroatoms. The van der Waals surface area contributed by atoms with Crippen molar-refractivity contribution in [2.24, 2.45) is 0 Å². The van der Waals surface area contributed by atoms with Gasteiger partial charge in [-0.05, 0) is 43.3 Å². The molecule has 0 aliphatic carbocycles. The maximum absolute atomic E-state index is 13.1. The molecule has 9 nitrogen and oxygen atoms in total. The van der Waals surface area contributed by atoms with Gasteiger partial charge >= 0.3 is 12.0 Å². The number of methoxy groups -OCH3 is 3. The van der Waals surface area contributed by atoms with Gasteiger partial charge in [0.1, 0.15) is 29.6 Å². The Labute approximate surface area is 192 Å². The Bertz CT molecular complexity index is 1030. The first-order chi connectivity index (χ1) is 15.9. The molecule has 0 spiro atoms. The molecule has 1 aliphatic rings. The van der Waals surface area contributed by atoms with Crippen molar-refractivity contribution in [2.45, 2.75) is 13.0 Å². The number of ether oxygens (including phenoxy) is 5. The summed E-state index contributed by atoms with van der Waals surface area (Å²) < 4.78 is 27.2. The van der Waals surface area contributed by atoms with Gasteiger partial charge in [0.2, 0.25) is 0 Å². The highest BCUT2D eigenvalue weighted by Crippen LogP contribution is 2.37. The van der Waals surface area contributed by atoms with E-state index in [9.17, 15) is 9.59 Å². The fourth-order valence-electron chi connectivity index (χ4n) is 3.50. The highest BCUT2D eigenvalue weighted by atomic mass is 16.5. The van der Waals surface area contributed by atoms with Gasteiger partial charge in [-0.1, -0.05) is 0 Å². The smallest absolute Gasteiger partial charge is 0.338 e. The largest absolute Gasteiger partial charge is 0.497 e. The van der Waals surface area contributed by atoms with Gasteiger partial charge < -0.3 is 29.0 Å². The standard InChI is InChI=1S/C24H28N2O7/c1-6-32-23(27)21-19(14-33-16-9-7-15(29-3)8-10-16)26(2)24(28)25-22(21)18-12-11-17(30-4)13-20(18)31-5/h7-13,22H,6,14H2,1-5H3,(H,25,28). The summed E-state index contributed by atoms with van der Waals surface area (Å²) in [7, 11) is 6.21. The average molecular weight is 456 g/mol. The van der Waals surface area contributed by atoms with Gasteiger partial charge in [0.15, 0.2) is 0 Å². The average Bonchev–Trinajstić information content (AvgIpc) is 2.84. The molecule has 1 N–H and O–H groups in total. The van der Waals surface area contributed by atoms with E-state index in [1.807, 2.05) is 0 Å². The fraction of sp³-hybridized carbons (Fsp3) is 0.333. The van der Waals surface area contributed by atoms with Gasteiger partial charge in [-0.25, -0.2) is 9.59 Å². The Morgan fingerprint density at radius 3 is 2.21 bits per heavy atom. The van der Waals surface area contributed by atoms with Gasteiger partial charge in [0, 0.05) is 18.7 Å². The SMILES string of the molecule is CCOC(=O)C1=C(COc2ccc(OC)cc2)N(C)C(=O)NC1c1ccc(OC)cc1OC. The number of amides is 2. The van der Waals surface area contributed by atoms with Gasteiger partial charge in [0.25, 0.3) is 0 Å². The molecule has 0 radical (unpaired) electrons. The molecule has 33 heavy (non-hydrogen) atoms. The molecule has 3 rings (SSSR count). The van der Waals surface area contributed by atoms with Crippen LogP contribution in [-0.2, 0) is 9.53 Å². The quantitative estimate of drug-likeness (QED) is 0.579. The van der Waals surface area contributed by atoms with Crippen molar-refractivity contribution in [3.8, 4) is 23.0 Å². The minimum Gasteiger partial charge on any atom is -0.497 e. The molecular weight excluding hydrogens is 428 g/mol. The van der Waals surface area contributed by atoms with E-state index in [0.29, 0.717) is 34.3 Å². The maximum Gasteiger partial charge on any atom is 0.338 e. The number of carbonyl (C=O) groups is 2. The minimum atomic E-state index is -0.803. The molecule has 2 aromatic rings. The number of esters is 1. The van der Waals surface area contributed by atoms with E-state index in [-0.39, 0.29) is 24.8 Å². The van der Waals surface area contributed by atoms with Crippen molar-refractivity contribution < 1.29 is 33.3 Å². The molecule has 1 atom stereocenters. The van der Waals surface area contributed by atoms with E-state index in [1.54, 1.807) is 70.7 Å². The second-order valence-electron chi connectivity index (χ2n) is 7.09. The number of hydrogen-bond donors (Lipinski definition) is 1. The van der Waals surface area contributed by atoms with Crippen molar-refractivity contribution >= 4 is 12.0 Å². The van der Waals surface area contributed by atoms with E-state index >= 15 is 0 Å². The Morgan fingerprint density at radius 1 is 0.970 bits per heavy atom. The van der Waals surface area contributed by atoms with Crippen molar-refractivity contribution in [3.63, 3.8) is 0 Å². The summed E-state index contributed by atoms with van der Waals surface area (Å²) in [4.78, 5) is 27.2. The van der Waals surface area contributed by atoms with Crippen molar-refractivity contribution in [1.82, 2.24) is 10.2 Å². The van der Waals surface area contributed by atoms with Crippen LogP contribution in [0.1, 0.15) is 18.5 Å². The van der Waals surface area contributed by atoms with Crippen LogP contribution in [0.15, 0.2) is 53.7 Å². The third-order valence-corrected chi connectivity index (χ3v) is 5.26. The lowest BCUT2D eigenvalue weighted by Gasteiger charge is -2.35. The third-order valence-electron chi connectivity index (χ3n) is 5.26. The van der Waals surface area contributed by atoms with Gasteiger partial charge in [-0.15, -0.1) is 0 Å². The zero-order chi connectivity index (χ0) is 24.0. The highest BCUT2D eigenvalue weighted by Gasteiger charge is 2.38. The van der Waals surface area contributed by atoms with E-state index in [0.717, 1.165) is 0 Å². The summed E-state index contributed by atoms with van der Waals surface area (Å²) in [6.07, 6.45) is 0. The van der Waals surface area contributed by atoms with Gasteiger partial charge in [-0.3, -0.25) is 4.90 Å². The molecule has 0 bridgehead atoms. The Morgan fingerprint density at radius 2 is 1.61 bits per heavy atom. The lowest BCUT2D eigenvalue weighted by molar-refractivity contribution is -0.139. The third kappa shape index (κ3) is 5.14. The molecule has 1 unspecified atom stereocenters. The minimum absolute atomic E-state index is 0.0284. The van der Waals surface area contributed by atoms with Crippen LogP contribution in [0.2, 0.25) is 0 Å². The number of nitrogens with one attached hydrogen (secondary N) is 1. The molecule has 0 fully saturated rings. The van der Waals surface area contributed by atoms with Crippen LogP contribution in [0.5, 0.6) is 23.0 Å². The van der Waals surface area contributed by atoms with Crippen molar-refractivity contribution in [2.75, 3.05) is 41.6 Å². The van der Waals surface area contributed by atoms with E-state index < -0.39 is 12.0 Å². The second kappa shape index (κ2) is 10.6. The first-order valence-corrected chi connectivity index (χ1v) is 10.4. The van der Waals surface area contributed by atoms with Gasteiger partial charge in [-0.2, -0.15) is 0 Å².